The number of methoxy groups -OCH3 is 2. The van der Waals surface area contributed by atoms with Crippen LogP contribution >= 0.6 is 0 Å². The minimum atomic E-state index is -0.201. The zero-order chi connectivity index (χ0) is 18.9. The number of hydrogen-bond acceptors (Lipinski definition) is 5. The van der Waals surface area contributed by atoms with Gasteiger partial charge in [0.1, 0.15) is 30.3 Å². The van der Waals surface area contributed by atoms with Gasteiger partial charge in [-0.3, -0.25) is 4.79 Å². The van der Waals surface area contributed by atoms with Crippen LogP contribution in [-0.2, 0) is 5.41 Å². The van der Waals surface area contributed by atoms with Gasteiger partial charge < -0.3 is 24.3 Å². The highest BCUT2D eigenvalue weighted by atomic mass is 16.6. The molecule has 1 fully saturated rings. The van der Waals surface area contributed by atoms with E-state index in [0.717, 1.165) is 24.3 Å². The zero-order valence-corrected chi connectivity index (χ0v) is 15.5. The third-order valence-corrected chi connectivity index (χ3v) is 5.25. The fraction of sp³-hybridized carbons (Fsp3) is 0.381. The number of hydrogen-bond donors (Lipinski definition) is 1. The van der Waals surface area contributed by atoms with Crippen LogP contribution in [0.2, 0.25) is 0 Å². The summed E-state index contributed by atoms with van der Waals surface area (Å²) in [5.41, 5.74) is 1.53. The zero-order valence-electron chi connectivity index (χ0n) is 15.5. The molecule has 2 aromatic rings. The Morgan fingerprint density at radius 3 is 2.33 bits per heavy atom. The molecule has 2 aromatic carbocycles. The molecule has 1 heterocycles. The summed E-state index contributed by atoms with van der Waals surface area (Å²) < 4.78 is 22.0. The molecule has 1 N–H and O–H groups in total. The molecule has 27 heavy (non-hydrogen) atoms. The van der Waals surface area contributed by atoms with Crippen LogP contribution in [0.25, 0.3) is 0 Å². The highest BCUT2D eigenvalue weighted by Gasteiger charge is 2.45. The van der Waals surface area contributed by atoms with Crippen LogP contribution in [0, 0.1) is 0 Å². The normalized spacial score (nSPS) is 16.4. The largest absolute Gasteiger partial charge is 0.496 e. The summed E-state index contributed by atoms with van der Waals surface area (Å²) in [7, 11) is 3.09. The average Bonchev–Trinajstić information content (AvgIpc) is 3.52. The Morgan fingerprint density at radius 1 is 1.04 bits per heavy atom. The standard InChI is InChI=1S/C21H23NO5/c1-24-16-4-3-5-17(25-2)19(16)20(23)22-13-21(8-9-21)14-6-7-15-18(12-14)27-11-10-26-15/h3-7,12H,8-11,13H2,1-2H3,(H,22,23). The number of fused-ring (bicyclic) bond motifs is 1. The first-order valence-electron chi connectivity index (χ1n) is 9.06. The summed E-state index contributed by atoms with van der Waals surface area (Å²) in [5.74, 6) is 2.35. The summed E-state index contributed by atoms with van der Waals surface area (Å²) >= 11 is 0. The van der Waals surface area contributed by atoms with Gasteiger partial charge in [0.25, 0.3) is 5.91 Å². The van der Waals surface area contributed by atoms with E-state index in [-0.39, 0.29) is 11.3 Å². The molecule has 6 nitrogen and oxygen atoms in total. The molecule has 2 aliphatic rings. The minimum Gasteiger partial charge on any atom is -0.496 e. The van der Waals surface area contributed by atoms with Crippen LogP contribution in [0.1, 0.15) is 28.8 Å². The molecule has 0 saturated heterocycles. The van der Waals surface area contributed by atoms with Crippen molar-refractivity contribution in [2.24, 2.45) is 0 Å². The molecule has 1 saturated carbocycles. The van der Waals surface area contributed by atoms with Crippen molar-refractivity contribution in [2.45, 2.75) is 18.3 Å². The topological polar surface area (TPSA) is 66.0 Å². The monoisotopic (exact) mass is 369 g/mol. The number of ether oxygens (including phenoxy) is 4. The maximum absolute atomic E-state index is 12.8. The van der Waals surface area contributed by atoms with E-state index >= 15 is 0 Å². The number of amides is 1. The lowest BCUT2D eigenvalue weighted by Crippen LogP contribution is -2.32. The second kappa shape index (κ2) is 7.02. The van der Waals surface area contributed by atoms with Gasteiger partial charge in [-0.1, -0.05) is 12.1 Å². The fourth-order valence-corrected chi connectivity index (χ4v) is 3.50. The van der Waals surface area contributed by atoms with Crippen LogP contribution in [-0.4, -0.2) is 39.9 Å². The van der Waals surface area contributed by atoms with Gasteiger partial charge in [0.2, 0.25) is 0 Å². The summed E-state index contributed by atoms with van der Waals surface area (Å²) in [5, 5.41) is 3.06. The van der Waals surface area contributed by atoms with Gasteiger partial charge in [-0.05, 0) is 42.7 Å². The molecule has 0 unspecified atom stereocenters. The second-order valence-electron chi connectivity index (χ2n) is 6.86. The number of nitrogens with one attached hydrogen (secondary N) is 1. The second-order valence-corrected chi connectivity index (χ2v) is 6.86. The maximum atomic E-state index is 12.8. The molecular weight excluding hydrogens is 346 g/mol. The number of carbonyl (C=O) groups excluding carboxylic acids is 1. The lowest BCUT2D eigenvalue weighted by molar-refractivity contribution is 0.0943. The van der Waals surface area contributed by atoms with Crippen molar-refractivity contribution in [3.05, 3.63) is 47.5 Å². The highest BCUT2D eigenvalue weighted by Crippen LogP contribution is 2.49. The summed E-state index contributed by atoms with van der Waals surface area (Å²) in [6.45, 7) is 1.69. The van der Waals surface area contributed by atoms with E-state index in [1.165, 1.54) is 5.56 Å². The lowest BCUT2D eigenvalue weighted by Gasteiger charge is -2.22. The molecule has 142 valence electrons. The predicted molar refractivity (Wildman–Crippen MR) is 100 cm³/mol. The van der Waals surface area contributed by atoms with E-state index < -0.39 is 0 Å². The van der Waals surface area contributed by atoms with Gasteiger partial charge in [0, 0.05) is 12.0 Å². The van der Waals surface area contributed by atoms with E-state index in [1.54, 1.807) is 32.4 Å². The van der Waals surface area contributed by atoms with E-state index in [9.17, 15) is 4.79 Å². The molecule has 0 spiro atoms. The van der Waals surface area contributed by atoms with E-state index in [0.29, 0.717) is 36.8 Å². The van der Waals surface area contributed by atoms with Crippen molar-refractivity contribution in [1.82, 2.24) is 5.32 Å². The lowest BCUT2D eigenvalue weighted by atomic mass is 9.95. The van der Waals surface area contributed by atoms with Crippen molar-refractivity contribution in [1.29, 1.82) is 0 Å². The Hall–Kier alpha value is -2.89. The van der Waals surface area contributed by atoms with Gasteiger partial charge in [0.05, 0.1) is 14.2 Å². The SMILES string of the molecule is COc1cccc(OC)c1C(=O)NCC1(c2ccc3c(c2)OCCO3)CC1. The van der Waals surface area contributed by atoms with Crippen LogP contribution < -0.4 is 24.3 Å². The Bertz CT molecular complexity index is 837. The molecule has 0 radical (unpaired) electrons. The van der Waals surface area contributed by atoms with Crippen molar-refractivity contribution < 1.29 is 23.7 Å². The molecule has 4 rings (SSSR count). The predicted octanol–water partition coefficient (Wildman–Crippen LogP) is 2.94. The molecule has 6 heteroatoms. The number of benzene rings is 2. The van der Waals surface area contributed by atoms with Crippen molar-refractivity contribution in [3.8, 4) is 23.0 Å². The van der Waals surface area contributed by atoms with Gasteiger partial charge >= 0.3 is 0 Å². The Balaban J connectivity index is 1.51. The van der Waals surface area contributed by atoms with Crippen LogP contribution in [0.3, 0.4) is 0 Å². The van der Waals surface area contributed by atoms with Gasteiger partial charge in [0.15, 0.2) is 11.5 Å². The summed E-state index contributed by atoms with van der Waals surface area (Å²) in [4.78, 5) is 12.8. The highest BCUT2D eigenvalue weighted by molar-refractivity contribution is 5.99. The molecule has 0 atom stereocenters. The molecule has 0 bridgehead atoms. The fourth-order valence-electron chi connectivity index (χ4n) is 3.50. The maximum Gasteiger partial charge on any atom is 0.258 e. The smallest absolute Gasteiger partial charge is 0.258 e. The average molecular weight is 369 g/mol. The Kier molecular flexibility index (Phi) is 4.56. The van der Waals surface area contributed by atoms with E-state index in [4.69, 9.17) is 18.9 Å². The van der Waals surface area contributed by atoms with E-state index in [1.807, 2.05) is 12.1 Å². The molecule has 1 amide bonds. The molecule has 1 aliphatic carbocycles. The molecule has 1 aliphatic heterocycles. The summed E-state index contributed by atoms with van der Waals surface area (Å²) in [6.07, 6.45) is 2.05. The Labute approximate surface area is 158 Å². The van der Waals surface area contributed by atoms with Gasteiger partial charge in [-0.2, -0.15) is 0 Å². The molecule has 0 aromatic heterocycles. The van der Waals surface area contributed by atoms with Crippen LogP contribution in [0.15, 0.2) is 36.4 Å². The third-order valence-electron chi connectivity index (χ3n) is 5.25. The van der Waals surface area contributed by atoms with Crippen molar-refractivity contribution in [2.75, 3.05) is 34.0 Å². The number of rotatable bonds is 6. The first kappa shape index (κ1) is 17.5. The van der Waals surface area contributed by atoms with Crippen LogP contribution in [0.5, 0.6) is 23.0 Å². The summed E-state index contributed by atoms with van der Waals surface area (Å²) in [6, 6.07) is 11.4. The number of carbonyl (C=O) groups is 1. The first-order valence-corrected chi connectivity index (χ1v) is 9.06. The van der Waals surface area contributed by atoms with Crippen molar-refractivity contribution >= 4 is 5.91 Å². The van der Waals surface area contributed by atoms with Gasteiger partial charge in [-0.25, -0.2) is 0 Å². The minimum absolute atomic E-state index is 0.0548. The first-order chi connectivity index (χ1) is 13.2. The van der Waals surface area contributed by atoms with Crippen LogP contribution in [0.4, 0.5) is 0 Å². The van der Waals surface area contributed by atoms with Crippen molar-refractivity contribution in [3.63, 3.8) is 0 Å². The molecular formula is C21H23NO5. The third kappa shape index (κ3) is 3.27. The Morgan fingerprint density at radius 2 is 1.70 bits per heavy atom. The van der Waals surface area contributed by atoms with Gasteiger partial charge in [-0.15, -0.1) is 0 Å². The van der Waals surface area contributed by atoms with E-state index in [2.05, 4.69) is 11.4 Å². The quantitative estimate of drug-likeness (QED) is 0.848.